The van der Waals surface area contributed by atoms with Crippen LogP contribution in [0.5, 0.6) is 17.2 Å². The molecular weight excluding hydrogens is 485 g/mol. The summed E-state index contributed by atoms with van der Waals surface area (Å²) in [6.45, 7) is -1.72. The lowest BCUT2D eigenvalue weighted by Gasteiger charge is -2.37. The molecule has 0 bridgehead atoms. The smallest absolute Gasteiger partial charge is 0.405 e. The Kier molecular flexibility index (Phi) is 6.39. The summed E-state index contributed by atoms with van der Waals surface area (Å²) in [4.78, 5) is 24.8. The normalized spacial score (nSPS) is 23.9. The van der Waals surface area contributed by atoms with Crippen LogP contribution in [0.3, 0.4) is 0 Å². The molecule has 4 atom stereocenters. The van der Waals surface area contributed by atoms with Gasteiger partial charge in [-0.05, 0) is 42.8 Å². The maximum absolute atomic E-state index is 12.8. The molecule has 0 spiro atoms. The summed E-state index contributed by atoms with van der Waals surface area (Å²) < 4.78 is 59.5. The van der Waals surface area contributed by atoms with Gasteiger partial charge in [0.1, 0.15) is 24.5 Å². The maximum atomic E-state index is 12.8. The number of amides is 2. The highest BCUT2D eigenvalue weighted by molar-refractivity contribution is 6.04. The van der Waals surface area contributed by atoms with Crippen molar-refractivity contribution in [2.45, 2.75) is 43.2 Å². The second-order valence-corrected chi connectivity index (χ2v) is 8.77. The van der Waals surface area contributed by atoms with Crippen LogP contribution in [0.25, 0.3) is 0 Å². The molecule has 1 saturated heterocycles. The Morgan fingerprint density at radius 3 is 2.61 bits per heavy atom. The van der Waals surface area contributed by atoms with Crippen LogP contribution in [0, 0.1) is 0 Å². The first-order valence-corrected chi connectivity index (χ1v) is 11.3. The zero-order valence-corrected chi connectivity index (χ0v) is 18.8. The molecule has 0 unspecified atom stereocenters. The molecule has 3 aliphatic heterocycles. The highest BCUT2D eigenvalue weighted by Gasteiger charge is 2.46. The Bertz CT molecular complexity index is 1170. The summed E-state index contributed by atoms with van der Waals surface area (Å²) in [5.41, 5.74) is 1.64. The molecule has 0 aliphatic carbocycles. The first-order valence-electron chi connectivity index (χ1n) is 11.3. The van der Waals surface area contributed by atoms with E-state index in [1.165, 1.54) is 0 Å². The quantitative estimate of drug-likeness (QED) is 0.550. The van der Waals surface area contributed by atoms with Crippen molar-refractivity contribution in [1.82, 2.24) is 5.32 Å². The fourth-order valence-corrected chi connectivity index (χ4v) is 4.69. The van der Waals surface area contributed by atoms with Crippen molar-refractivity contribution >= 4 is 17.5 Å². The van der Waals surface area contributed by atoms with Gasteiger partial charge in [0.15, 0.2) is 11.5 Å². The standard InChI is InChI=1S/C24H23F3N2O7/c25-24(26,27)10-28-21(31)8-14-7-16-15-6-13(2-4-17(15)36-22(16)20(9-30)35-14)29-23(32)12-1-3-18-19(5-12)34-11-33-18/h1-6,14,16,20,22,30H,7-11H2,(H,28,31)(H,29,32)/t14-,16-,20+,22+/m1/s1. The zero-order chi connectivity index (χ0) is 25.4. The molecule has 2 amide bonds. The molecule has 192 valence electrons. The second kappa shape index (κ2) is 9.51. The Labute approximate surface area is 203 Å². The van der Waals surface area contributed by atoms with Crippen LogP contribution in [0.4, 0.5) is 18.9 Å². The first-order chi connectivity index (χ1) is 17.2. The number of ether oxygens (including phenoxy) is 4. The number of benzene rings is 2. The lowest BCUT2D eigenvalue weighted by atomic mass is 9.84. The number of anilines is 1. The van der Waals surface area contributed by atoms with E-state index >= 15 is 0 Å². The largest absolute Gasteiger partial charge is 0.487 e. The van der Waals surface area contributed by atoms with Gasteiger partial charge < -0.3 is 34.7 Å². The van der Waals surface area contributed by atoms with Crippen molar-refractivity contribution in [2.24, 2.45) is 0 Å². The minimum absolute atomic E-state index is 0.0946. The van der Waals surface area contributed by atoms with Crippen molar-refractivity contribution in [3.8, 4) is 17.2 Å². The molecule has 2 aromatic rings. The van der Waals surface area contributed by atoms with E-state index in [4.69, 9.17) is 18.9 Å². The fourth-order valence-electron chi connectivity index (χ4n) is 4.69. The average molecular weight is 508 g/mol. The monoisotopic (exact) mass is 508 g/mol. The summed E-state index contributed by atoms with van der Waals surface area (Å²) in [5.74, 6) is 0.158. The molecular formula is C24H23F3N2O7. The van der Waals surface area contributed by atoms with E-state index in [0.717, 1.165) is 5.56 Å². The summed E-state index contributed by atoms with van der Waals surface area (Å²) in [6, 6.07) is 9.99. The number of aliphatic hydroxyl groups is 1. The molecule has 36 heavy (non-hydrogen) atoms. The zero-order valence-electron chi connectivity index (χ0n) is 18.8. The van der Waals surface area contributed by atoms with Gasteiger partial charge in [-0.2, -0.15) is 13.2 Å². The molecule has 0 radical (unpaired) electrons. The van der Waals surface area contributed by atoms with Crippen LogP contribution in [-0.4, -0.2) is 61.4 Å². The third-order valence-corrected chi connectivity index (χ3v) is 6.29. The van der Waals surface area contributed by atoms with Gasteiger partial charge in [0.05, 0.1) is 19.1 Å². The summed E-state index contributed by atoms with van der Waals surface area (Å²) >= 11 is 0. The van der Waals surface area contributed by atoms with Gasteiger partial charge >= 0.3 is 6.18 Å². The molecule has 12 heteroatoms. The van der Waals surface area contributed by atoms with Gasteiger partial charge in [-0.15, -0.1) is 0 Å². The first kappa shape index (κ1) is 24.2. The maximum Gasteiger partial charge on any atom is 0.405 e. The van der Waals surface area contributed by atoms with Crippen LogP contribution in [-0.2, 0) is 9.53 Å². The number of rotatable bonds is 6. The van der Waals surface area contributed by atoms with Crippen LogP contribution >= 0.6 is 0 Å². The second-order valence-electron chi connectivity index (χ2n) is 8.77. The molecule has 3 heterocycles. The third kappa shape index (κ3) is 5.05. The van der Waals surface area contributed by atoms with E-state index in [0.29, 0.717) is 34.9 Å². The Hall–Kier alpha value is -3.51. The average Bonchev–Trinajstić information content (AvgIpc) is 3.46. The Morgan fingerprint density at radius 1 is 1.06 bits per heavy atom. The number of hydrogen-bond donors (Lipinski definition) is 3. The lowest BCUT2D eigenvalue weighted by Crippen LogP contribution is -2.47. The van der Waals surface area contributed by atoms with Gasteiger partial charge in [0, 0.05) is 22.7 Å². The van der Waals surface area contributed by atoms with Crippen LogP contribution in [0.1, 0.15) is 34.7 Å². The number of aliphatic hydroxyl groups excluding tert-OH is 1. The Balaban J connectivity index is 1.29. The van der Waals surface area contributed by atoms with Gasteiger partial charge in [-0.1, -0.05) is 0 Å². The van der Waals surface area contributed by atoms with Crippen LogP contribution in [0.2, 0.25) is 0 Å². The predicted molar refractivity (Wildman–Crippen MR) is 118 cm³/mol. The lowest BCUT2D eigenvalue weighted by molar-refractivity contribution is -0.149. The minimum atomic E-state index is -4.51. The van der Waals surface area contributed by atoms with Crippen LogP contribution < -0.4 is 24.8 Å². The fraction of sp³-hybridized carbons (Fsp3) is 0.417. The number of fused-ring (bicyclic) bond motifs is 4. The molecule has 0 aromatic heterocycles. The van der Waals surface area contributed by atoms with E-state index < -0.39 is 36.9 Å². The topological polar surface area (TPSA) is 115 Å². The number of nitrogens with one attached hydrogen (secondary N) is 2. The van der Waals surface area contributed by atoms with Crippen molar-refractivity contribution in [3.05, 3.63) is 47.5 Å². The predicted octanol–water partition coefficient (Wildman–Crippen LogP) is 2.73. The van der Waals surface area contributed by atoms with Crippen molar-refractivity contribution < 1.29 is 46.8 Å². The number of carbonyl (C=O) groups is 2. The summed E-state index contributed by atoms with van der Waals surface area (Å²) in [5, 5.41) is 14.5. The molecule has 1 fully saturated rings. The number of hydrogen-bond acceptors (Lipinski definition) is 7. The summed E-state index contributed by atoms with van der Waals surface area (Å²) in [6.07, 6.45) is -6.50. The van der Waals surface area contributed by atoms with Gasteiger partial charge in [-0.25, -0.2) is 0 Å². The highest BCUT2D eigenvalue weighted by Crippen LogP contribution is 2.47. The molecule has 3 N–H and O–H groups in total. The Morgan fingerprint density at radius 2 is 1.83 bits per heavy atom. The van der Waals surface area contributed by atoms with E-state index in [-0.39, 0.29) is 31.6 Å². The van der Waals surface area contributed by atoms with E-state index in [1.54, 1.807) is 36.4 Å². The van der Waals surface area contributed by atoms with Crippen molar-refractivity contribution in [1.29, 1.82) is 0 Å². The van der Waals surface area contributed by atoms with Crippen molar-refractivity contribution in [3.63, 3.8) is 0 Å². The van der Waals surface area contributed by atoms with E-state index in [2.05, 4.69) is 5.32 Å². The molecule has 2 aromatic carbocycles. The number of halogens is 3. The molecule has 3 aliphatic rings. The molecule has 9 nitrogen and oxygen atoms in total. The van der Waals surface area contributed by atoms with E-state index in [9.17, 15) is 27.9 Å². The SMILES string of the molecule is O=C(C[C@H]1C[C@@H]2c3cc(NC(=O)c4ccc5c(c4)OCO5)ccc3O[C@@H]2[C@H](CO)O1)NCC(F)(F)F. The van der Waals surface area contributed by atoms with Gasteiger partial charge in [0.2, 0.25) is 12.7 Å². The number of carbonyl (C=O) groups excluding carboxylic acids is 2. The highest BCUT2D eigenvalue weighted by atomic mass is 19.4. The van der Waals surface area contributed by atoms with Gasteiger partial charge in [-0.3, -0.25) is 9.59 Å². The minimum Gasteiger partial charge on any atom is -0.487 e. The van der Waals surface area contributed by atoms with Gasteiger partial charge in [0.25, 0.3) is 5.91 Å². The third-order valence-electron chi connectivity index (χ3n) is 6.29. The number of alkyl halides is 3. The van der Waals surface area contributed by atoms with E-state index in [1.807, 2.05) is 5.32 Å². The summed E-state index contributed by atoms with van der Waals surface area (Å²) in [7, 11) is 0. The molecule has 0 saturated carbocycles. The van der Waals surface area contributed by atoms with Crippen molar-refractivity contribution in [2.75, 3.05) is 25.3 Å². The molecule has 5 rings (SSSR count). The van der Waals surface area contributed by atoms with Crippen LogP contribution in [0.15, 0.2) is 36.4 Å².